The molecule has 3 aromatic rings. The molecule has 3 aromatic carbocycles. The Morgan fingerprint density at radius 2 is 1.57 bits per heavy atom. The molecule has 0 bridgehead atoms. The van der Waals surface area contributed by atoms with Crippen LogP contribution in [0.4, 0.5) is 4.39 Å². The van der Waals surface area contributed by atoms with Crippen molar-refractivity contribution in [1.29, 1.82) is 0 Å². The highest BCUT2D eigenvalue weighted by Gasteiger charge is 2.18. The molecule has 21 heavy (non-hydrogen) atoms. The van der Waals surface area contributed by atoms with Gasteiger partial charge < -0.3 is 0 Å². The number of aryl methyl sites for hydroxylation is 1. The van der Waals surface area contributed by atoms with Gasteiger partial charge in [-0.15, -0.1) is 11.6 Å². The maximum absolute atomic E-state index is 14.2. The van der Waals surface area contributed by atoms with E-state index < -0.39 is 5.38 Å². The Kier molecular flexibility index (Phi) is 3.88. The molecule has 1 atom stereocenters. The number of rotatable bonds is 2. The second-order valence-corrected chi connectivity index (χ2v) is 5.91. The second-order valence-electron chi connectivity index (χ2n) is 5.07. The van der Waals surface area contributed by atoms with Gasteiger partial charge in [-0.1, -0.05) is 54.1 Å². The molecule has 0 aliphatic carbocycles. The highest BCUT2D eigenvalue weighted by molar-refractivity contribution is 6.36. The van der Waals surface area contributed by atoms with E-state index in [0.29, 0.717) is 10.6 Å². The molecule has 0 aliphatic rings. The van der Waals surface area contributed by atoms with Gasteiger partial charge in [-0.05, 0) is 35.6 Å². The van der Waals surface area contributed by atoms with Crippen LogP contribution in [0.2, 0.25) is 5.02 Å². The maximum Gasteiger partial charge on any atom is 0.128 e. The maximum atomic E-state index is 14.2. The van der Waals surface area contributed by atoms with Gasteiger partial charge in [0.1, 0.15) is 5.82 Å². The lowest BCUT2D eigenvalue weighted by atomic mass is 9.97. The number of hydrogen-bond acceptors (Lipinski definition) is 0. The normalized spacial score (nSPS) is 12.6. The Balaban J connectivity index is 2.18. The van der Waals surface area contributed by atoms with Crippen molar-refractivity contribution in [3.63, 3.8) is 0 Å². The lowest BCUT2D eigenvalue weighted by Gasteiger charge is -2.15. The number of benzene rings is 3. The Hall–Kier alpha value is -1.57. The van der Waals surface area contributed by atoms with E-state index in [1.54, 1.807) is 12.1 Å². The summed E-state index contributed by atoms with van der Waals surface area (Å²) in [5.41, 5.74) is 2.22. The summed E-state index contributed by atoms with van der Waals surface area (Å²) < 4.78 is 14.2. The van der Waals surface area contributed by atoms with Gasteiger partial charge in [0.25, 0.3) is 0 Å². The van der Waals surface area contributed by atoms with Gasteiger partial charge in [-0.3, -0.25) is 0 Å². The fraction of sp³-hybridized carbons (Fsp3) is 0.111. The summed E-state index contributed by atoms with van der Waals surface area (Å²) in [6.45, 7) is 1.85. The van der Waals surface area contributed by atoms with Crippen LogP contribution in [-0.4, -0.2) is 0 Å². The Labute approximate surface area is 133 Å². The minimum absolute atomic E-state index is 0.283. The van der Waals surface area contributed by atoms with E-state index in [0.717, 1.165) is 21.9 Å². The third-order valence-corrected chi connectivity index (χ3v) is 4.41. The number of halogens is 3. The Morgan fingerprint density at radius 3 is 2.29 bits per heavy atom. The third-order valence-electron chi connectivity index (χ3n) is 3.61. The quantitative estimate of drug-likeness (QED) is 0.488. The number of alkyl halides is 1. The molecule has 0 N–H and O–H groups in total. The van der Waals surface area contributed by atoms with Crippen molar-refractivity contribution in [2.24, 2.45) is 0 Å². The molecule has 0 aliphatic heterocycles. The van der Waals surface area contributed by atoms with Crippen LogP contribution in [0.1, 0.15) is 22.1 Å². The first-order valence-corrected chi connectivity index (χ1v) is 7.46. The fourth-order valence-electron chi connectivity index (χ4n) is 2.51. The van der Waals surface area contributed by atoms with E-state index in [4.69, 9.17) is 23.2 Å². The van der Waals surface area contributed by atoms with E-state index >= 15 is 0 Å². The van der Waals surface area contributed by atoms with Gasteiger partial charge >= 0.3 is 0 Å². The van der Waals surface area contributed by atoms with Crippen LogP contribution in [0.25, 0.3) is 10.8 Å². The third kappa shape index (κ3) is 2.64. The van der Waals surface area contributed by atoms with E-state index in [-0.39, 0.29) is 5.82 Å². The molecular formula is C18H13Cl2F. The Morgan fingerprint density at radius 1 is 0.905 bits per heavy atom. The molecule has 0 radical (unpaired) electrons. The molecule has 1 unspecified atom stereocenters. The SMILES string of the molecule is Cc1ccc(C(Cl)c2ccc(Cl)c3ccccc23)c(F)c1. The van der Waals surface area contributed by atoms with Crippen molar-refractivity contribution >= 4 is 34.0 Å². The monoisotopic (exact) mass is 318 g/mol. The van der Waals surface area contributed by atoms with E-state index in [1.807, 2.05) is 43.3 Å². The summed E-state index contributed by atoms with van der Waals surface area (Å²) in [6.07, 6.45) is 0. The van der Waals surface area contributed by atoms with Gasteiger partial charge in [-0.2, -0.15) is 0 Å². The van der Waals surface area contributed by atoms with Crippen LogP contribution in [-0.2, 0) is 0 Å². The molecule has 0 saturated heterocycles. The van der Waals surface area contributed by atoms with E-state index in [9.17, 15) is 4.39 Å². The van der Waals surface area contributed by atoms with E-state index in [1.165, 1.54) is 6.07 Å². The highest BCUT2D eigenvalue weighted by Crippen LogP contribution is 2.37. The van der Waals surface area contributed by atoms with Crippen molar-refractivity contribution in [3.8, 4) is 0 Å². The number of fused-ring (bicyclic) bond motifs is 1. The van der Waals surface area contributed by atoms with Crippen molar-refractivity contribution in [1.82, 2.24) is 0 Å². The highest BCUT2D eigenvalue weighted by atomic mass is 35.5. The molecule has 0 spiro atoms. The first-order valence-electron chi connectivity index (χ1n) is 6.65. The molecule has 0 saturated carbocycles. The molecule has 0 fully saturated rings. The predicted octanol–water partition coefficient (Wildman–Crippen LogP) is 6.27. The van der Waals surface area contributed by atoms with Gasteiger partial charge in [-0.25, -0.2) is 4.39 Å². The zero-order chi connectivity index (χ0) is 15.0. The average molecular weight is 319 g/mol. The predicted molar refractivity (Wildman–Crippen MR) is 87.8 cm³/mol. The topological polar surface area (TPSA) is 0 Å². The van der Waals surface area contributed by atoms with Gasteiger partial charge in [0, 0.05) is 16.0 Å². The zero-order valence-electron chi connectivity index (χ0n) is 11.4. The molecule has 3 rings (SSSR count). The molecule has 0 heterocycles. The van der Waals surface area contributed by atoms with Crippen LogP contribution in [0, 0.1) is 12.7 Å². The summed E-state index contributed by atoms with van der Waals surface area (Å²) in [5, 5.41) is 2.00. The smallest absolute Gasteiger partial charge is 0.128 e. The number of hydrogen-bond donors (Lipinski definition) is 0. The first kappa shape index (κ1) is 14.4. The van der Waals surface area contributed by atoms with Crippen molar-refractivity contribution < 1.29 is 4.39 Å². The van der Waals surface area contributed by atoms with Crippen LogP contribution in [0.15, 0.2) is 54.6 Å². The van der Waals surface area contributed by atoms with Crippen LogP contribution >= 0.6 is 23.2 Å². The molecule has 106 valence electrons. The summed E-state index contributed by atoms with van der Waals surface area (Å²) in [7, 11) is 0. The standard InChI is InChI=1S/C18H13Cl2F/c1-11-6-7-15(17(21)10-11)18(20)14-8-9-16(19)13-5-3-2-4-12(13)14/h2-10,18H,1H3. The van der Waals surface area contributed by atoms with E-state index in [2.05, 4.69) is 0 Å². The average Bonchev–Trinajstić information content (AvgIpc) is 2.47. The van der Waals surface area contributed by atoms with Gasteiger partial charge in [0.2, 0.25) is 0 Å². The summed E-state index contributed by atoms with van der Waals surface area (Å²) >= 11 is 12.8. The Bertz CT molecular complexity index is 811. The largest absolute Gasteiger partial charge is 0.207 e. The van der Waals surface area contributed by atoms with Crippen molar-refractivity contribution in [3.05, 3.63) is 82.1 Å². The molecule has 0 nitrogen and oxygen atoms in total. The minimum atomic E-state index is -0.548. The van der Waals surface area contributed by atoms with Crippen molar-refractivity contribution in [2.45, 2.75) is 12.3 Å². The molecule has 0 aromatic heterocycles. The molecule has 0 amide bonds. The molecular weight excluding hydrogens is 306 g/mol. The van der Waals surface area contributed by atoms with Gasteiger partial charge in [0.05, 0.1) is 5.38 Å². The summed E-state index contributed by atoms with van der Waals surface area (Å²) in [5.74, 6) is -0.283. The van der Waals surface area contributed by atoms with Crippen LogP contribution in [0.5, 0.6) is 0 Å². The van der Waals surface area contributed by atoms with Gasteiger partial charge in [0.15, 0.2) is 0 Å². The van der Waals surface area contributed by atoms with Crippen LogP contribution in [0.3, 0.4) is 0 Å². The summed E-state index contributed by atoms with van der Waals surface area (Å²) in [6, 6.07) is 16.5. The lowest BCUT2D eigenvalue weighted by molar-refractivity contribution is 0.611. The fourth-order valence-corrected chi connectivity index (χ4v) is 3.11. The second kappa shape index (κ2) is 5.67. The zero-order valence-corrected chi connectivity index (χ0v) is 12.9. The van der Waals surface area contributed by atoms with Crippen LogP contribution < -0.4 is 0 Å². The minimum Gasteiger partial charge on any atom is -0.207 e. The molecule has 3 heteroatoms. The summed E-state index contributed by atoms with van der Waals surface area (Å²) in [4.78, 5) is 0. The van der Waals surface area contributed by atoms with Crippen molar-refractivity contribution in [2.75, 3.05) is 0 Å². The first-order chi connectivity index (χ1) is 10.1. The lowest BCUT2D eigenvalue weighted by Crippen LogP contribution is -1.98.